The van der Waals surface area contributed by atoms with Gasteiger partial charge >= 0.3 is 0 Å². The summed E-state index contributed by atoms with van der Waals surface area (Å²) in [4.78, 5) is 2.47. The topological polar surface area (TPSA) is 3.24 Å². The molecule has 0 aromatic heterocycles. The Morgan fingerprint density at radius 2 is 0.836 bits per heavy atom. The molecule has 0 fully saturated rings. The van der Waals surface area contributed by atoms with Gasteiger partial charge in [-0.1, -0.05) is 153 Å². The van der Waals surface area contributed by atoms with Gasteiger partial charge in [0.05, 0.1) is 5.41 Å². The minimum Gasteiger partial charge on any atom is -0.310 e. The van der Waals surface area contributed by atoms with Crippen molar-refractivity contribution in [2.24, 2.45) is 0 Å². The summed E-state index contributed by atoms with van der Waals surface area (Å²) in [6.07, 6.45) is 0. The van der Waals surface area contributed by atoms with E-state index in [2.05, 4.69) is 207 Å². The maximum Gasteiger partial charge on any atom is 0.0732 e. The van der Waals surface area contributed by atoms with Crippen LogP contribution in [0.15, 0.2) is 188 Å². The van der Waals surface area contributed by atoms with E-state index in [4.69, 9.17) is 0 Å². The molecular formula is C54H37N. The average Bonchev–Trinajstić information content (AvgIpc) is 3.79. The van der Waals surface area contributed by atoms with E-state index >= 15 is 0 Å². The molecule has 1 nitrogen and oxygen atoms in total. The molecule has 3 aliphatic rings. The third kappa shape index (κ3) is 3.97. The summed E-state index contributed by atoms with van der Waals surface area (Å²) in [5.41, 5.74) is 19.0. The molecule has 0 amide bonds. The molecule has 55 heavy (non-hydrogen) atoms. The number of para-hydroxylation sites is 1. The molecule has 3 aliphatic carbocycles. The Morgan fingerprint density at radius 1 is 0.327 bits per heavy atom. The zero-order chi connectivity index (χ0) is 36.5. The fourth-order valence-corrected chi connectivity index (χ4v) is 10.6. The lowest BCUT2D eigenvalue weighted by atomic mass is 9.69. The molecular weight excluding hydrogens is 663 g/mol. The highest BCUT2D eigenvalue weighted by molar-refractivity contribution is 6.04. The highest BCUT2D eigenvalue weighted by Gasteiger charge is 2.52. The van der Waals surface area contributed by atoms with Crippen LogP contribution in [0.1, 0.15) is 47.2 Å². The first-order valence-electron chi connectivity index (χ1n) is 19.4. The number of nitrogens with zero attached hydrogens (tertiary/aromatic N) is 1. The molecule has 1 spiro atoms. The summed E-state index contributed by atoms with van der Waals surface area (Å²) in [7, 11) is 0. The van der Waals surface area contributed by atoms with Crippen molar-refractivity contribution in [1.29, 1.82) is 0 Å². The van der Waals surface area contributed by atoms with Crippen LogP contribution in [0, 0.1) is 0 Å². The van der Waals surface area contributed by atoms with Crippen molar-refractivity contribution in [3.05, 3.63) is 221 Å². The van der Waals surface area contributed by atoms with E-state index in [0.717, 1.165) is 17.1 Å². The van der Waals surface area contributed by atoms with Crippen molar-refractivity contribution >= 4 is 38.6 Å². The van der Waals surface area contributed by atoms with E-state index in [9.17, 15) is 0 Å². The Hall–Kier alpha value is -6.70. The van der Waals surface area contributed by atoms with Crippen LogP contribution in [0.25, 0.3) is 54.9 Å². The molecule has 1 heteroatoms. The second-order valence-corrected chi connectivity index (χ2v) is 16.1. The minimum absolute atomic E-state index is 0.144. The van der Waals surface area contributed by atoms with Crippen molar-refractivity contribution in [2.45, 2.75) is 24.7 Å². The van der Waals surface area contributed by atoms with Crippen LogP contribution < -0.4 is 4.90 Å². The number of fused-ring (bicyclic) bond motifs is 16. The second-order valence-electron chi connectivity index (χ2n) is 16.1. The van der Waals surface area contributed by atoms with E-state index in [-0.39, 0.29) is 5.41 Å². The van der Waals surface area contributed by atoms with E-state index in [1.54, 1.807) is 0 Å². The second kappa shape index (κ2) is 10.9. The number of anilines is 3. The smallest absolute Gasteiger partial charge is 0.0732 e. The maximum absolute atomic E-state index is 2.51. The van der Waals surface area contributed by atoms with Gasteiger partial charge in [0.2, 0.25) is 0 Å². The van der Waals surface area contributed by atoms with Gasteiger partial charge in [-0.2, -0.15) is 0 Å². The van der Waals surface area contributed by atoms with Crippen molar-refractivity contribution in [3.63, 3.8) is 0 Å². The lowest BCUT2D eigenvalue weighted by Crippen LogP contribution is -2.26. The molecule has 0 bridgehead atoms. The molecule has 0 heterocycles. The zero-order valence-electron chi connectivity index (χ0n) is 30.8. The van der Waals surface area contributed by atoms with Crippen molar-refractivity contribution < 1.29 is 0 Å². The summed E-state index contributed by atoms with van der Waals surface area (Å²) in [6, 6.07) is 70.7. The molecule has 9 aromatic carbocycles. The molecule has 0 saturated heterocycles. The lowest BCUT2D eigenvalue weighted by Gasteiger charge is -2.33. The molecule has 1 unspecified atom stereocenters. The van der Waals surface area contributed by atoms with Crippen LogP contribution in [0.2, 0.25) is 0 Å². The number of benzene rings is 9. The van der Waals surface area contributed by atoms with Gasteiger partial charge in [0.1, 0.15) is 0 Å². The molecule has 258 valence electrons. The number of rotatable bonds is 3. The lowest BCUT2D eigenvalue weighted by molar-refractivity contribution is 0.661. The quantitative estimate of drug-likeness (QED) is 0.177. The van der Waals surface area contributed by atoms with Crippen LogP contribution in [-0.2, 0) is 10.8 Å². The summed E-state index contributed by atoms with van der Waals surface area (Å²) in [5, 5.41) is 5.17. The molecule has 0 aliphatic heterocycles. The van der Waals surface area contributed by atoms with Crippen LogP contribution in [-0.4, -0.2) is 0 Å². The van der Waals surface area contributed by atoms with Gasteiger partial charge in [-0.25, -0.2) is 0 Å². The fourth-order valence-electron chi connectivity index (χ4n) is 10.6. The number of hydrogen-bond donors (Lipinski definition) is 0. The van der Waals surface area contributed by atoms with Gasteiger partial charge < -0.3 is 4.90 Å². The monoisotopic (exact) mass is 699 g/mol. The van der Waals surface area contributed by atoms with Crippen molar-refractivity contribution in [3.8, 4) is 33.4 Å². The van der Waals surface area contributed by atoms with Crippen LogP contribution in [0.3, 0.4) is 0 Å². The Morgan fingerprint density at radius 3 is 1.56 bits per heavy atom. The Kier molecular flexibility index (Phi) is 6.11. The largest absolute Gasteiger partial charge is 0.310 e. The minimum atomic E-state index is -0.458. The summed E-state index contributed by atoms with van der Waals surface area (Å²) in [6.45, 7) is 4.78. The predicted octanol–water partition coefficient (Wildman–Crippen LogP) is 14.1. The van der Waals surface area contributed by atoms with Gasteiger partial charge in [-0.15, -0.1) is 0 Å². The summed E-state index contributed by atoms with van der Waals surface area (Å²) in [5.74, 6) is 0. The van der Waals surface area contributed by atoms with Gasteiger partial charge in [0, 0.05) is 22.5 Å². The SMILES string of the molecule is CC1(C)c2cc(N(c3ccccc3)c3ccc4c(c3)C3(c5ccccc5-4)c4ccccc4-c4ccc5ccccc5c43)ccc2-c2cc3ccccc3cc21. The van der Waals surface area contributed by atoms with Crippen LogP contribution in [0.4, 0.5) is 17.1 Å². The van der Waals surface area contributed by atoms with E-state index < -0.39 is 5.41 Å². The molecule has 12 rings (SSSR count). The van der Waals surface area contributed by atoms with Crippen molar-refractivity contribution in [2.75, 3.05) is 4.90 Å². The molecule has 0 N–H and O–H groups in total. The van der Waals surface area contributed by atoms with Gasteiger partial charge in [0.25, 0.3) is 0 Å². The zero-order valence-corrected chi connectivity index (χ0v) is 30.8. The Bertz CT molecular complexity index is 3060. The first-order chi connectivity index (χ1) is 27.0. The number of hydrogen-bond acceptors (Lipinski definition) is 1. The summed E-state index contributed by atoms with van der Waals surface area (Å²) < 4.78 is 0. The third-order valence-electron chi connectivity index (χ3n) is 13.0. The molecule has 9 aromatic rings. The molecule has 0 radical (unpaired) electrons. The fraction of sp³-hybridized carbons (Fsp3) is 0.0741. The highest BCUT2D eigenvalue weighted by atomic mass is 15.1. The first kappa shape index (κ1) is 30.7. The van der Waals surface area contributed by atoms with E-state index in [1.165, 1.54) is 88.3 Å². The van der Waals surface area contributed by atoms with E-state index in [0.29, 0.717) is 0 Å². The normalized spacial score (nSPS) is 16.4. The predicted molar refractivity (Wildman–Crippen MR) is 230 cm³/mol. The average molecular weight is 700 g/mol. The molecule has 0 saturated carbocycles. The highest BCUT2D eigenvalue weighted by Crippen LogP contribution is 2.64. The van der Waals surface area contributed by atoms with Gasteiger partial charge in [-0.05, 0) is 137 Å². The van der Waals surface area contributed by atoms with Crippen LogP contribution in [0.5, 0.6) is 0 Å². The van der Waals surface area contributed by atoms with Crippen LogP contribution >= 0.6 is 0 Å². The Labute approximate surface area is 321 Å². The van der Waals surface area contributed by atoms with Gasteiger partial charge in [0.15, 0.2) is 0 Å². The third-order valence-corrected chi connectivity index (χ3v) is 13.0. The van der Waals surface area contributed by atoms with Gasteiger partial charge in [-0.3, -0.25) is 0 Å². The molecule has 1 atom stereocenters. The summed E-state index contributed by atoms with van der Waals surface area (Å²) >= 11 is 0. The van der Waals surface area contributed by atoms with E-state index in [1.807, 2.05) is 0 Å². The maximum atomic E-state index is 2.51. The first-order valence-corrected chi connectivity index (χ1v) is 19.4. The Balaban J connectivity index is 1.11. The standard InChI is InChI=1S/C54H37N/c1-53(2)49-31-36-16-7-6-15-35(36)30-46(49)44-29-26-38(32-50(44)53)55(37-17-4-3-5-18-37)39-25-28-43-41-20-10-12-22-47(41)54(51(43)33-39)48-23-13-11-21-42(48)45-27-24-34-14-8-9-19-40(34)52(45)54/h3-33H,1-2H3. The van der Waals surface area contributed by atoms with Crippen molar-refractivity contribution in [1.82, 2.24) is 0 Å².